The van der Waals surface area contributed by atoms with Crippen LogP contribution in [0.1, 0.15) is 72.1 Å². The van der Waals surface area contributed by atoms with Crippen molar-refractivity contribution in [2.75, 3.05) is 20.2 Å². The number of unbranched alkanes of at least 4 members (excludes halogenated alkanes) is 4. The molecule has 17 heavy (non-hydrogen) atoms. The van der Waals surface area contributed by atoms with Crippen molar-refractivity contribution in [1.29, 1.82) is 0 Å². The molecule has 0 heterocycles. The first kappa shape index (κ1) is 16.9. The van der Waals surface area contributed by atoms with Crippen molar-refractivity contribution in [2.24, 2.45) is 0 Å². The van der Waals surface area contributed by atoms with Crippen LogP contribution in [0.5, 0.6) is 0 Å². The number of nitrogens with zero attached hydrogens (tertiary/aromatic N) is 1. The highest BCUT2D eigenvalue weighted by molar-refractivity contribution is 4.87. The lowest BCUT2D eigenvalue weighted by atomic mass is 9.88. The molecule has 2 heteroatoms. The number of aliphatic hydroxyl groups is 1. The lowest BCUT2D eigenvalue weighted by molar-refractivity contribution is 0.0350. The van der Waals surface area contributed by atoms with E-state index in [9.17, 15) is 5.11 Å². The molecule has 1 N–H and O–H groups in total. The largest absolute Gasteiger partial charge is 0.394 e. The second-order valence-corrected chi connectivity index (χ2v) is 5.32. The Bertz CT molecular complexity index is 166. The van der Waals surface area contributed by atoms with Gasteiger partial charge in [-0.3, -0.25) is 4.90 Å². The zero-order valence-corrected chi connectivity index (χ0v) is 12.5. The van der Waals surface area contributed by atoms with Crippen LogP contribution in [0.25, 0.3) is 0 Å². The average Bonchev–Trinajstić information content (AvgIpc) is 2.36. The molecule has 0 rings (SSSR count). The fourth-order valence-electron chi connectivity index (χ4n) is 2.47. The lowest BCUT2D eigenvalue weighted by Gasteiger charge is -2.40. The molecule has 0 spiro atoms. The first-order valence-electron chi connectivity index (χ1n) is 7.49. The van der Waals surface area contributed by atoms with E-state index in [1.165, 1.54) is 38.5 Å². The molecule has 0 aliphatic carbocycles. The van der Waals surface area contributed by atoms with Crippen LogP contribution in [0.4, 0.5) is 0 Å². The molecule has 0 amide bonds. The molecule has 0 aliphatic heterocycles. The smallest absolute Gasteiger partial charge is 0.0615 e. The molecule has 1 unspecified atom stereocenters. The zero-order chi connectivity index (χ0) is 13.1. The van der Waals surface area contributed by atoms with E-state index in [1.807, 2.05) is 0 Å². The number of hydrogen-bond donors (Lipinski definition) is 1. The standard InChI is InChI=1S/C15H33NO/c1-5-8-10-11-13-16(4)15(7-3,14-17)12-9-6-2/h17H,5-14H2,1-4H3. The Hall–Kier alpha value is -0.0800. The molecule has 0 radical (unpaired) electrons. The predicted octanol–water partition coefficient (Wildman–Crippen LogP) is 3.83. The van der Waals surface area contributed by atoms with E-state index >= 15 is 0 Å². The van der Waals surface area contributed by atoms with Crippen molar-refractivity contribution < 1.29 is 5.11 Å². The summed E-state index contributed by atoms with van der Waals surface area (Å²) in [6.07, 6.45) is 9.81. The summed E-state index contributed by atoms with van der Waals surface area (Å²) in [5.74, 6) is 0. The molecular weight excluding hydrogens is 210 g/mol. The third kappa shape index (κ3) is 5.87. The van der Waals surface area contributed by atoms with Crippen LogP contribution in [0.2, 0.25) is 0 Å². The maximum Gasteiger partial charge on any atom is 0.0615 e. The predicted molar refractivity (Wildman–Crippen MR) is 76.4 cm³/mol. The van der Waals surface area contributed by atoms with Crippen LogP contribution in [0.15, 0.2) is 0 Å². The summed E-state index contributed by atoms with van der Waals surface area (Å²) in [6.45, 7) is 8.09. The number of aliphatic hydroxyl groups excluding tert-OH is 1. The van der Waals surface area contributed by atoms with E-state index in [2.05, 4.69) is 32.7 Å². The van der Waals surface area contributed by atoms with Gasteiger partial charge in [-0.2, -0.15) is 0 Å². The molecule has 1 atom stereocenters. The van der Waals surface area contributed by atoms with Gasteiger partial charge in [-0.15, -0.1) is 0 Å². The van der Waals surface area contributed by atoms with Gasteiger partial charge < -0.3 is 5.11 Å². The van der Waals surface area contributed by atoms with E-state index in [0.29, 0.717) is 6.61 Å². The Morgan fingerprint density at radius 2 is 1.59 bits per heavy atom. The van der Waals surface area contributed by atoms with E-state index in [1.54, 1.807) is 0 Å². The molecule has 104 valence electrons. The summed E-state index contributed by atoms with van der Waals surface area (Å²) in [4.78, 5) is 2.40. The Morgan fingerprint density at radius 1 is 0.941 bits per heavy atom. The van der Waals surface area contributed by atoms with Crippen LogP contribution in [-0.4, -0.2) is 35.7 Å². The van der Waals surface area contributed by atoms with Crippen molar-refractivity contribution in [2.45, 2.75) is 77.7 Å². The highest BCUT2D eigenvalue weighted by Crippen LogP contribution is 2.25. The quantitative estimate of drug-likeness (QED) is 0.558. The maximum atomic E-state index is 9.73. The van der Waals surface area contributed by atoms with Gasteiger partial charge in [-0.25, -0.2) is 0 Å². The first-order valence-corrected chi connectivity index (χ1v) is 7.49. The Balaban J connectivity index is 4.16. The van der Waals surface area contributed by atoms with Gasteiger partial charge in [-0.05, 0) is 32.9 Å². The van der Waals surface area contributed by atoms with Gasteiger partial charge in [0.1, 0.15) is 0 Å². The minimum atomic E-state index is 0.0300. The Kier molecular flexibility index (Phi) is 9.85. The second kappa shape index (κ2) is 9.90. The van der Waals surface area contributed by atoms with Gasteiger partial charge in [0.05, 0.1) is 6.61 Å². The maximum absolute atomic E-state index is 9.73. The monoisotopic (exact) mass is 243 g/mol. The van der Waals surface area contributed by atoms with Gasteiger partial charge >= 0.3 is 0 Å². The van der Waals surface area contributed by atoms with Crippen LogP contribution in [0.3, 0.4) is 0 Å². The molecule has 0 aromatic carbocycles. The summed E-state index contributed by atoms with van der Waals surface area (Å²) < 4.78 is 0. The zero-order valence-electron chi connectivity index (χ0n) is 12.5. The molecule has 0 aromatic heterocycles. The van der Waals surface area contributed by atoms with Crippen molar-refractivity contribution in [3.8, 4) is 0 Å². The normalized spacial score (nSPS) is 15.2. The highest BCUT2D eigenvalue weighted by Gasteiger charge is 2.30. The summed E-state index contributed by atoms with van der Waals surface area (Å²) in [7, 11) is 2.18. The van der Waals surface area contributed by atoms with Crippen LogP contribution in [0, 0.1) is 0 Å². The molecule has 0 aliphatic rings. The van der Waals surface area contributed by atoms with E-state index in [4.69, 9.17) is 0 Å². The molecule has 2 nitrogen and oxygen atoms in total. The minimum absolute atomic E-state index is 0.0300. The van der Waals surface area contributed by atoms with Crippen LogP contribution >= 0.6 is 0 Å². The average molecular weight is 243 g/mol. The third-order valence-electron chi connectivity index (χ3n) is 4.10. The van der Waals surface area contributed by atoms with E-state index in [-0.39, 0.29) is 5.54 Å². The van der Waals surface area contributed by atoms with Gasteiger partial charge in [0, 0.05) is 5.54 Å². The van der Waals surface area contributed by atoms with Gasteiger partial charge in [0.25, 0.3) is 0 Å². The first-order chi connectivity index (χ1) is 8.16. The minimum Gasteiger partial charge on any atom is -0.394 e. The van der Waals surface area contributed by atoms with E-state index in [0.717, 1.165) is 19.4 Å². The van der Waals surface area contributed by atoms with E-state index < -0.39 is 0 Å². The summed E-state index contributed by atoms with van der Waals surface area (Å²) in [6, 6.07) is 0. The molecule has 0 saturated carbocycles. The topological polar surface area (TPSA) is 23.5 Å². The Morgan fingerprint density at radius 3 is 2.06 bits per heavy atom. The van der Waals surface area contributed by atoms with Gasteiger partial charge in [0.15, 0.2) is 0 Å². The summed E-state index contributed by atoms with van der Waals surface area (Å²) >= 11 is 0. The summed E-state index contributed by atoms with van der Waals surface area (Å²) in [5.41, 5.74) is 0.0300. The molecule has 0 fully saturated rings. The fraction of sp³-hybridized carbons (Fsp3) is 1.00. The number of likely N-dealkylation sites (N-methyl/N-ethyl adjacent to an activating group) is 1. The van der Waals surface area contributed by atoms with Gasteiger partial charge in [0.2, 0.25) is 0 Å². The van der Waals surface area contributed by atoms with Crippen LogP contribution < -0.4 is 0 Å². The molecular formula is C15H33NO. The SMILES string of the molecule is CCCCCCN(C)C(CC)(CO)CCCC. The highest BCUT2D eigenvalue weighted by atomic mass is 16.3. The van der Waals surface area contributed by atoms with Crippen molar-refractivity contribution in [3.63, 3.8) is 0 Å². The summed E-state index contributed by atoms with van der Waals surface area (Å²) in [5, 5.41) is 9.73. The Labute approximate surface area is 108 Å². The molecule has 0 saturated heterocycles. The molecule has 0 aromatic rings. The fourth-order valence-corrected chi connectivity index (χ4v) is 2.47. The lowest BCUT2D eigenvalue weighted by Crippen LogP contribution is -2.49. The number of hydrogen-bond acceptors (Lipinski definition) is 2. The van der Waals surface area contributed by atoms with Crippen molar-refractivity contribution >= 4 is 0 Å². The van der Waals surface area contributed by atoms with Gasteiger partial charge in [-0.1, -0.05) is 52.9 Å². The van der Waals surface area contributed by atoms with Crippen LogP contribution in [-0.2, 0) is 0 Å². The molecule has 0 bridgehead atoms. The number of rotatable bonds is 11. The second-order valence-electron chi connectivity index (χ2n) is 5.32. The third-order valence-corrected chi connectivity index (χ3v) is 4.10. The van der Waals surface area contributed by atoms with Crippen molar-refractivity contribution in [3.05, 3.63) is 0 Å². The van der Waals surface area contributed by atoms with Crippen molar-refractivity contribution in [1.82, 2.24) is 4.90 Å².